The number of hydrogen-bond acceptors (Lipinski definition) is 1. The van der Waals surface area contributed by atoms with Gasteiger partial charge in [-0.1, -0.05) is 32.9 Å². The van der Waals surface area contributed by atoms with E-state index in [1.165, 1.54) is 12.0 Å². The summed E-state index contributed by atoms with van der Waals surface area (Å²) in [5, 5.41) is 0. The van der Waals surface area contributed by atoms with Crippen LogP contribution in [0, 0.1) is 17.3 Å². The van der Waals surface area contributed by atoms with Crippen LogP contribution < -0.4 is 0 Å². The van der Waals surface area contributed by atoms with Crippen molar-refractivity contribution in [3.8, 4) is 0 Å². The summed E-state index contributed by atoms with van der Waals surface area (Å²) in [4.78, 5) is 10.5. The average molecular weight is 180 g/mol. The molecule has 1 saturated carbocycles. The molecule has 0 saturated heterocycles. The molecule has 13 heavy (non-hydrogen) atoms. The van der Waals surface area contributed by atoms with Crippen LogP contribution in [0.25, 0.3) is 0 Å². The maximum Gasteiger partial charge on any atom is 0.120 e. The molecule has 0 aliphatic heterocycles. The van der Waals surface area contributed by atoms with Crippen molar-refractivity contribution >= 4 is 6.29 Å². The van der Waals surface area contributed by atoms with Crippen molar-refractivity contribution < 1.29 is 4.79 Å². The number of carbonyl (C=O) groups excluding carboxylic acids is 1. The molecule has 1 aliphatic rings. The van der Waals surface area contributed by atoms with E-state index in [1.54, 1.807) is 0 Å². The van der Waals surface area contributed by atoms with Gasteiger partial charge in [-0.25, -0.2) is 0 Å². The zero-order valence-corrected chi connectivity index (χ0v) is 8.97. The second-order valence-electron chi connectivity index (χ2n) is 4.85. The van der Waals surface area contributed by atoms with E-state index in [-0.39, 0.29) is 5.41 Å². The van der Waals surface area contributed by atoms with Crippen LogP contribution in [0.1, 0.15) is 40.0 Å². The fraction of sp³-hybridized carbons (Fsp3) is 0.750. The summed E-state index contributed by atoms with van der Waals surface area (Å²) in [6, 6.07) is 0. The van der Waals surface area contributed by atoms with Crippen LogP contribution >= 0.6 is 0 Å². The van der Waals surface area contributed by atoms with E-state index in [2.05, 4.69) is 27.4 Å². The number of rotatable bonds is 3. The van der Waals surface area contributed by atoms with Gasteiger partial charge in [0.2, 0.25) is 0 Å². The van der Waals surface area contributed by atoms with Crippen molar-refractivity contribution in [3.05, 3.63) is 12.2 Å². The molecular weight excluding hydrogens is 160 g/mol. The minimum absolute atomic E-state index is 0.0939. The normalized spacial score (nSPS) is 34.2. The third kappa shape index (κ3) is 1.84. The van der Waals surface area contributed by atoms with Gasteiger partial charge in [-0.3, -0.25) is 0 Å². The Morgan fingerprint density at radius 2 is 2.31 bits per heavy atom. The Hall–Kier alpha value is -0.590. The molecule has 1 nitrogen and oxygen atoms in total. The topological polar surface area (TPSA) is 17.1 Å². The van der Waals surface area contributed by atoms with Gasteiger partial charge in [0.25, 0.3) is 0 Å². The molecule has 1 heteroatoms. The standard InChI is InChI=1S/C12H20O/c1-9(2)11-5-6-12(4,7-8-13)10(11)3/h8-9,11H,3,5-7H2,1-2,4H3. The van der Waals surface area contributed by atoms with Crippen molar-refractivity contribution in [1.29, 1.82) is 0 Å². The minimum Gasteiger partial charge on any atom is -0.303 e. The van der Waals surface area contributed by atoms with Crippen molar-refractivity contribution in [2.75, 3.05) is 0 Å². The maximum absolute atomic E-state index is 10.5. The minimum atomic E-state index is 0.0939. The lowest BCUT2D eigenvalue weighted by Gasteiger charge is -2.26. The van der Waals surface area contributed by atoms with Crippen LogP contribution in [0.2, 0.25) is 0 Å². The molecule has 0 aromatic heterocycles. The van der Waals surface area contributed by atoms with Gasteiger partial charge >= 0.3 is 0 Å². The van der Waals surface area contributed by atoms with Crippen molar-refractivity contribution in [2.24, 2.45) is 17.3 Å². The second-order valence-corrected chi connectivity index (χ2v) is 4.85. The van der Waals surface area contributed by atoms with Gasteiger partial charge in [-0.15, -0.1) is 0 Å². The van der Waals surface area contributed by atoms with Gasteiger partial charge in [-0.2, -0.15) is 0 Å². The van der Waals surface area contributed by atoms with Gasteiger partial charge < -0.3 is 4.79 Å². The Labute approximate surface area is 81.2 Å². The lowest BCUT2D eigenvalue weighted by atomic mass is 9.79. The number of hydrogen-bond donors (Lipinski definition) is 0. The highest BCUT2D eigenvalue weighted by atomic mass is 16.1. The van der Waals surface area contributed by atoms with Gasteiger partial charge in [0.05, 0.1) is 0 Å². The third-order valence-corrected chi connectivity index (χ3v) is 3.57. The highest BCUT2D eigenvalue weighted by Gasteiger charge is 2.39. The predicted molar refractivity (Wildman–Crippen MR) is 55.5 cm³/mol. The van der Waals surface area contributed by atoms with Crippen LogP contribution in [-0.2, 0) is 4.79 Å². The molecule has 74 valence electrons. The highest BCUT2D eigenvalue weighted by molar-refractivity contribution is 5.52. The predicted octanol–water partition coefficient (Wildman–Crippen LogP) is 3.20. The summed E-state index contributed by atoms with van der Waals surface area (Å²) in [6.07, 6.45) is 4.03. The van der Waals surface area contributed by atoms with Crippen LogP contribution in [0.5, 0.6) is 0 Å². The molecule has 0 aromatic rings. The molecule has 0 radical (unpaired) electrons. The summed E-state index contributed by atoms with van der Waals surface area (Å²) in [7, 11) is 0. The Morgan fingerprint density at radius 1 is 1.69 bits per heavy atom. The first-order valence-corrected chi connectivity index (χ1v) is 5.14. The molecule has 0 N–H and O–H groups in total. The molecule has 1 aliphatic carbocycles. The molecule has 0 amide bonds. The maximum atomic E-state index is 10.5. The summed E-state index contributed by atoms with van der Waals surface area (Å²) in [6.45, 7) is 10.8. The molecule has 2 atom stereocenters. The van der Waals surface area contributed by atoms with Crippen LogP contribution in [0.15, 0.2) is 12.2 Å². The summed E-state index contributed by atoms with van der Waals surface area (Å²) in [5.41, 5.74) is 1.39. The monoisotopic (exact) mass is 180 g/mol. The molecular formula is C12H20O. The summed E-state index contributed by atoms with van der Waals surface area (Å²) in [5.74, 6) is 1.30. The van der Waals surface area contributed by atoms with Crippen molar-refractivity contribution in [2.45, 2.75) is 40.0 Å². The zero-order chi connectivity index (χ0) is 10.1. The summed E-state index contributed by atoms with van der Waals surface area (Å²) < 4.78 is 0. The quantitative estimate of drug-likeness (QED) is 0.481. The van der Waals surface area contributed by atoms with E-state index >= 15 is 0 Å². The van der Waals surface area contributed by atoms with Crippen LogP contribution in [0.4, 0.5) is 0 Å². The Bertz CT molecular complexity index is 217. The Kier molecular flexibility index (Phi) is 2.94. The summed E-state index contributed by atoms with van der Waals surface area (Å²) >= 11 is 0. The van der Waals surface area contributed by atoms with Crippen molar-refractivity contribution in [3.63, 3.8) is 0 Å². The molecule has 0 aromatic carbocycles. The molecule has 0 heterocycles. The van der Waals surface area contributed by atoms with Crippen LogP contribution in [0.3, 0.4) is 0 Å². The van der Waals surface area contributed by atoms with Crippen LogP contribution in [-0.4, -0.2) is 6.29 Å². The molecule has 1 rings (SSSR count). The van der Waals surface area contributed by atoms with Gasteiger partial charge in [0.1, 0.15) is 6.29 Å². The first kappa shape index (κ1) is 10.5. The largest absolute Gasteiger partial charge is 0.303 e. The number of carbonyl (C=O) groups is 1. The molecule has 2 unspecified atom stereocenters. The average Bonchev–Trinajstić information content (AvgIpc) is 2.30. The van der Waals surface area contributed by atoms with E-state index < -0.39 is 0 Å². The van der Waals surface area contributed by atoms with E-state index in [4.69, 9.17) is 0 Å². The molecule has 0 spiro atoms. The van der Waals surface area contributed by atoms with E-state index in [1.807, 2.05) is 0 Å². The zero-order valence-electron chi connectivity index (χ0n) is 8.97. The van der Waals surface area contributed by atoms with E-state index in [9.17, 15) is 4.79 Å². The molecule has 1 fully saturated rings. The Balaban J connectivity index is 2.74. The fourth-order valence-electron chi connectivity index (χ4n) is 2.41. The van der Waals surface area contributed by atoms with Gasteiger partial charge in [0.15, 0.2) is 0 Å². The smallest absolute Gasteiger partial charge is 0.120 e. The van der Waals surface area contributed by atoms with E-state index in [0.717, 1.165) is 12.7 Å². The second kappa shape index (κ2) is 3.65. The molecule has 0 bridgehead atoms. The Morgan fingerprint density at radius 3 is 2.69 bits per heavy atom. The van der Waals surface area contributed by atoms with Gasteiger partial charge in [-0.05, 0) is 30.1 Å². The fourth-order valence-corrected chi connectivity index (χ4v) is 2.41. The number of allylic oxidation sites excluding steroid dienone is 1. The SMILES string of the molecule is C=C1C(C(C)C)CCC1(C)CC=O. The first-order valence-electron chi connectivity index (χ1n) is 5.14. The third-order valence-electron chi connectivity index (χ3n) is 3.57. The van der Waals surface area contributed by atoms with Crippen molar-refractivity contribution in [1.82, 2.24) is 0 Å². The lowest BCUT2D eigenvalue weighted by molar-refractivity contribution is -0.109. The number of aldehydes is 1. The lowest BCUT2D eigenvalue weighted by Crippen LogP contribution is -2.17. The van der Waals surface area contributed by atoms with Gasteiger partial charge in [0, 0.05) is 6.42 Å². The highest BCUT2D eigenvalue weighted by Crippen LogP contribution is 2.49. The van der Waals surface area contributed by atoms with E-state index in [0.29, 0.717) is 18.3 Å². The first-order chi connectivity index (χ1) is 6.01.